The summed E-state index contributed by atoms with van der Waals surface area (Å²) in [6.07, 6.45) is 0. The molecule has 0 atom stereocenters. The summed E-state index contributed by atoms with van der Waals surface area (Å²) in [4.78, 5) is 17.7. The van der Waals surface area contributed by atoms with Gasteiger partial charge in [-0.05, 0) is 24.3 Å². The van der Waals surface area contributed by atoms with E-state index in [-0.39, 0.29) is 13.2 Å². The van der Waals surface area contributed by atoms with Gasteiger partial charge >= 0.3 is 5.97 Å². The Bertz CT molecular complexity index is 1140. The van der Waals surface area contributed by atoms with Crippen molar-refractivity contribution in [1.29, 1.82) is 0 Å². The lowest BCUT2D eigenvalue weighted by molar-refractivity contribution is -0.146. The summed E-state index contributed by atoms with van der Waals surface area (Å²) < 4.78 is 5.30. The van der Waals surface area contributed by atoms with Crippen molar-refractivity contribution in [2.24, 2.45) is 0 Å². The monoisotopic (exact) mass is 393 g/mol. The van der Waals surface area contributed by atoms with Gasteiger partial charge in [0.2, 0.25) is 5.82 Å². The molecule has 2 heterocycles. The average molecular weight is 394 g/mol. The molecule has 0 fully saturated rings. The van der Waals surface area contributed by atoms with Crippen LogP contribution in [-0.2, 0) is 22.7 Å². The molecule has 7 nitrogen and oxygen atoms in total. The van der Waals surface area contributed by atoms with E-state index < -0.39 is 5.97 Å². The molecule has 0 aliphatic heterocycles. The quantitative estimate of drug-likeness (QED) is 0.380. The molecule has 0 saturated carbocycles. The number of halogens is 1. The molecule has 0 aliphatic rings. The molecule has 0 spiro atoms. The Hall–Kier alpha value is -3.32. The van der Waals surface area contributed by atoms with Crippen molar-refractivity contribution < 1.29 is 9.53 Å². The third-order valence-corrected chi connectivity index (χ3v) is 4.50. The van der Waals surface area contributed by atoms with Crippen LogP contribution >= 0.6 is 11.6 Å². The zero-order valence-electron chi connectivity index (χ0n) is 15.0. The van der Waals surface area contributed by atoms with Crippen LogP contribution in [-0.4, -0.2) is 31.2 Å². The highest BCUT2D eigenvalue weighted by atomic mass is 35.5. The molecule has 2 aromatic carbocycles. The number of aromatic nitrogens is 5. The molecule has 8 heteroatoms. The zero-order valence-corrected chi connectivity index (χ0v) is 15.8. The molecule has 140 valence electrons. The van der Waals surface area contributed by atoms with Crippen molar-refractivity contribution in [2.45, 2.75) is 20.1 Å². The number of hydrogen-bond acceptors (Lipinski definition) is 6. The molecular formula is C20H16ClN5O2. The summed E-state index contributed by atoms with van der Waals surface area (Å²) in [5.74, 6) is -0.0355. The van der Waals surface area contributed by atoms with Crippen LogP contribution in [0.15, 0.2) is 54.6 Å². The van der Waals surface area contributed by atoms with E-state index in [1.807, 2.05) is 61.5 Å². The second-order valence-corrected chi connectivity index (χ2v) is 6.66. The van der Waals surface area contributed by atoms with Gasteiger partial charge in [0.25, 0.3) is 0 Å². The molecule has 0 saturated heterocycles. The number of aryl methyl sites for hydroxylation is 1. The number of esters is 1. The molecule has 28 heavy (non-hydrogen) atoms. The Morgan fingerprint density at radius 2 is 1.93 bits per heavy atom. The Labute approximate surface area is 165 Å². The number of pyridine rings is 1. The summed E-state index contributed by atoms with van der Waals surface area (Å²) in [5.41, 5.74) is 3.40. The maximum atomic E-state index is 12.1. The largest absolute Gasteiger partial charge is 0.459 e. The molecular weight excluding hydrogens is 378 g/mol. The molecule has 0 bridgehead atoms. The number of fused-ring (bicyclic) bond motifs is 1. The normalized spacial score (nSPS) is 10.9. The Balaban J connectivity index is 1.40. The van der Waals surface area contributed by atoms with Crippen LogP contribution in [0, 0.1) is 6.92 Å². The van der Waals surface area contributed by atoms with E-state index in [1.54, 1.807) is 0 Å². The standard InChI is InChI=1S/C20H16ClN5O2/c1-13-6-8-14(9-7-13)20-23-25-26(24-20)11-18(27)28-12-16-10-15-4-2-3-5-17(15)22-19(16)21/h2-10H,11-12H2,1H3. The van der Waals surface area contributed by atoms with Gasteiger partial charge in [0, 0.05) is 16.5 Å². The minimum atomic E-state index is -0.489. The van der Waals surface area contributed by atoms with Gasteiger partial charge < -0.3 is 4.74 Å². The van der Waals surface area contributed by atoms with Gasteiger partial charge in [-0.2, -0.15) is 4.80 Å². The number of ether oxygens (including phenoxy) is 1. The van der Waals surface area contributed by atoms with Crippen LogP contribution in [0.5, 0.6) is 0 Å². The van der Waals surface area contributed by atoms with Crippen molar-refractivity contribution >= 4 is 28.5 Å². The molecule has 4 aromatic rings. The summed E-state index contributed by atoms with van der Waals surface area (Å²) >= 11 is 6.19. The topological polar surface area (TPSA) is 82.8 Å². The first kappa shape index (κ1) is 18.1. The van der Waals surface area contributed by atoms with E-state index in [2.05, 4.69) is 20.4 Å². The summed E-state index contributed by atoms with van der Waals surface area (Å²) in [5, 5.41) is 13.3. The Kier molecular flexibility index (Phi) is 4.99. The van der Waals surface area contributed by atoms with E-state index in [9.17, 15) is 4.79 Å². The molecule has 0 unspecified atom stereocenters. The van der Waals surface area contributed by atoms with Crippen LogP contribution in [0.3, 0.4) is 0 Å². The number of hydrogen-bond donors (Lipinski definition) is 0. The van der Waals surface area contributed by atoms with Crippen molar-refractivity contribution in [3.8, 4) is 11.4 Å². The lowest BCUT2D eigenvalue weighted by Crippen LogP contribution is -2.16. The minimum absolute atomic E-state index is 0.0228. The second-order valence-electron chi connectivity index (χ2n) is 6.30. The second kappa shape index (κ2) is 7.74. The van der Waals surface area contributed by atoms with Crippen molar-refractivity contribution in [3.63, 3.8) is 0 Å². The SMILES string of the molecule is Cc1ccc(-c2nnn(CC(=O)OCc3cc4ccccc4nc3Cl)n2)cc1. The maximum absolute atomic E-state index is 12.1. The van der Waals surface area contributed by atoms with Crippen molar-refractivity contribution in [2.75, 3.05) is 0 Å². The fourth-order valence-corrected chi connectivity index (χ4v) is 2.89. The van der Waals surface area contributed by atoms with Gasteiger partial charge in [0.05, 0.1) is 5.52 Å². The highest BCUT2D eigenvalue weighted by Gasteiger charge is 2.12. The number of para-hydroxylation sites is 1. The Morgan fingerprint density at radius 1 is 1.14 bits per heavy atom. The van der Waals surface area contributed by atoms with Gasteiger partial charge in [-0.1, -0.05) is 59.6 Å². The van der Waals surface area contributed by atoms with E-state index in [1.165, 1.54) is 4.80 Å². The van der Waals surface area contributed by atoms with E-state index in [4.69, 9.17) is 16.3 Å². The summed E-state index contributed by atoms with van der Waals surface area (Å²) in [7, 11) is 0. The Morgan fingerprint density at radius 3 is 2.75 bits per heavy atom. The van der Waals surface area contributed by atoms with Crippen LogP contribution in [0.2, 0.25) is 5.15 Å². The predicted molar refractivity (Wildman–Crippen MR) is 105 cm³/mol. The smallest absolute Gasteiger partial charge is 0.330 e. The van der Waals surface area contributed by atoms with E-state index in [0.717, 1.165) is 22.0 Å². The lowest BCUT2D eigenvalue weighted by atomic mass is 10.1. The molecule has 0 amide bonds. The fraction of sp³-hybridized carbons (Fsp3) is 0.150. The number of rotatable bonds is 5. The lowest BCUT2D eigenvalue weighted by Gasteiger charge is -2.07. The van der Waals surface area contributed by atoms with Crippen LogP contribution < -0.4 is 0 Å². The molecule has 0 N–H and O–H groups in total. The van der Waals surface area contributed by atoms with Crippen molar-refractivity contribution in [3.05, 3.63) is 70.9 Å². The molecule has 2 aromatic heterocycles. The number of carbonyl (C=O) groups is 1. The maximum Gasteiger partial charge on any atom is 0.330 e. The van der Waals surface area contributed by atoms with Crippen molar-refractivity contribution in [1.82, 2.24) is 25.2 Å². The number of nitrogens with zero attached hydrogens (tertiary/aromatic N) is 5. The highest BCUT2D eigenvalue weighted by molar-refractivity contribution is 6.30. The van der Waals surface area contributed by atoms with Crippen LogP contribution in [0.1, 0.15) is 11.1 Å². The van der Waals surface area contributed by atoms with Gasteiger partial charge in [0.1, 0.15) is 11.8 Å². The minimum Gasteiger partial charge on any atom is -0.459 e. The van der Waals surface area contributed by atoms with Crippen LogP contribution in [0.4, 0.5) is 0 Å². The fourth-order valence-electron chi connectivity index (χ4n) is 2.69. The highest BCUT2D eigenvalue weighted by Crippen LogP contribution is 2.21. The number of benzene rings is 2. The number of carbonyl (C=O) groups excluding carboxylic acids is 1. The third kappa shape index (κ3) is 3.99. The first-order chi connectivity index (χ1) is 13.6. The van der Waals surface area contributed by atoms with Gasteiger partial charge in [-0.15, -0.1) is 10.2 Å². The first-order valence-electron chi connectivity index (χ1n) is 8.63. The first-order valence-corrected chi connectivity index (χ1v) is 9.01. The summed E-state index contributed by atoms with van der Waals surface area (Å²) in [6, 6.07) is 17.2. The van der Waals surface area contributed by atoms with Gasteiger partial charge in [-0.25, -0.2) is 9.78 Å². The zero-order chi connectivity index (χ0) is 19.5. The van der Waals surface area contributed by atoms with Gasteiger partial charge in [-0.3, -0.25) is 0 Å². The number of tetrazole rings is 1. The molecule has 0 aliphatic carbocycles. The van der Waals surface area contributed by atoms with E-state index in [0.29, 0.717) is 16.5 Å². The average Bonchev–Trinajstić information content (AvgIpc) is 3.15. The van der Waals surface area contributed by atoms with E-state index >= 15 is 0 Å². The summed E-state index contributed by atoms with van der Waals surface area (Å²) in [6.45, 7) is 1.88. The third-order valence-electron chi connectivity index (χ3n) is 4.17. The molecule has 0 radical (unpaired) electrons. The van der Waals surface area contributed by atoms with Crippen LogP contribution in [0.25, 0.3) is 22.3 Å². The molecule has 4 rings (SSSR count). The predicted octanol–water partition coefficient (Wildman–Crippen LogP) is 3.59. The van der Waals surface area contributed by atoms with Gasteiger partial charge in [0.15, 0.2) is 6.54 Å².